The van der Waals surface area contributed by atoms with Crippen LogP contribution in [0.4, 0.5) is 17.6 Å². The van der Waals surface area contributed by atoms with Gasteiger partial charge >= 0.3 is 5.97 Å². The number of carboxylic acids is 1. The van der Waals surface area contributed by atoms with Crippen molar-refractivity contribution in [2.75, 3.05) is 6.54 Å². The molecule has 2 N–H and O–H groups in total. The number of hydrogen-bond donors (Lipinski definition) is 2. The number of benzene rings is 1. The topological polar surface area (TPSA) is 77.8 Å². The lowest BCUT2D eigenvalue weighted by Gasteiger charge is -2.21. The highest BCUT2D eigenvalue weighted by Gasteiger charge is 2.40. The van der Waals surface area contributed by atoms with Gasteiger partial charge in [0.05, 0.1) is 11.7 Å². The van der Waals surface area contributed by atoms with E-state index in [1.54, 1.807) is 0 Å². The summed E-state index contributed by atoms with van der Waals surface area (Å²) in [5.74, 6) is -10.7. The van der Waals surface area contributed by atoms with Crippen LogP contribution in [0, 0.1) is 23.3 Å². The van der Waals surface area contributed by atoms with E-state index in [1.807, 2.05) is 0 Å². The Morgan fingerprint density at radius 2 is 1.76 bits per heavy atom. The Morgan fingerprint density at radius 3 is 2.33 bits per heavy atom. The fraction of sp³-hybridized carbons (Fsp3) is 0.333. The lowest BCUT2D eigenvalue weighted by Crippen LogP contribution is -2.41. The van der Waals surface area contributed by atoms with Crippen LogP contribution in [-0.2, 0) is 4.79 Å². The van der Waals surface area contributed by atoms with Crippen molar-refractivity contribution in [2.45, 2.75) is 18.6 Å². The molecular formula is C12H9F4NO4. The van der Waals surface area contributed by atoms with E-state index in [4.69, 9.17) is 5.11 Å². The number of aliphatic carboxylic acids is 1. The van der Waals surface area contributed by atoms with Crippen LogP contribution in [0.25, 0.3) is 0 Å². The molecular weight excluding hydrogens is 298 g/mol. The minimum atomic E-state index is -2.16. The summed E-state index contributed by atoms with van der Waals surface area (Å²) in [6.45, 7) is -0.435. The molecule has 5 nitrogen and oxygen atoms in total. The lowest BCUT2D eigenvalue weighted by atomic mass is 10.1. The number of aliphatic hydroxyl groups excluding tert-OH is 1. The van der Waals surface area contributed by atoms with Crippen LogP contribution in [0.15, 0.2) is 6.07 Å². The number of likely N-dealkylation sites (tertiary alicyclic amines) is 1. The molecule has 1 fully saturated rings. The molecule has 1 aliphatic rings. The highest BCUT2D eigenvalue weighted by molar-refractivity contribution is 5.97. The largest absolute Gasteiger partial charge is 0.480 e. The van der Waals surface area contributed by atoms with Crippen molar-refractivity contribution in [2.24, 2.45) is 0 Å². The zero-order chi connectivity index (χ0) is 15.9. The molecule has 9 heteroatoms. The third kappa shape index (κ3) is 2.56. The van der Waals surface area contributed by atoms with Crippen molar-refractivity contribution in [1.82, 2.24) is 4.90 Å². The van der Waals surface area contributed by atoms with Gasteiger partial charge in [-0.2, -0.15) is 0 Å². The van der Waals surface area contributed by atoms with Crippen LogP contribution in [0.1, 0.15) is 16.8 Å². The summed E-state index contributed by atoms with van der Waals surface area (Å²) in [4.78, 5) is 23.5. The Balaban J connectivity index is 2.43. The molecule has 0 saturated carbocycles. The maximum atomic E-state index is 13.5. The molecule has 1 saturated heterocycles. The van der Waals surface area contributed by atoms with Gasteiger partial charge < -0.3 is 15.1 Å². The Labute approximate surface area is 115 Å². The highest BCUT2D eigenvalue weighted by Crippen LogP contribution is 2.25. The van der Waals surface area contributed by atoms with Crippen LogP contribution in [0.3, 0.4) is 0 Å². The first-order valence-corrected chi connectivity index (χ1v) is 5.78. The first-order valence-electron chi connectivity index (χ1n) is 5.78. The van der Waals surface area contributed by atoms with Gasteiger partial charge in [0.1, 0.15) is 6.04 Å². The minimum absolute atomic E-state index is 0.152. The van der Waals surface area contributed by atoms with Gasteiger partial charge in [0, 0.05) is 13.0 Å². The average Bonchev–Trinajstić information content (AvgIpc) is 2.82. The van der Waals surface area contributed by atoms with Crippen molar-refractivity contribution in [3.63, 3.8) is 0 Å². The molecule has 0 bridgehead atoms. The van der Waals surface area contributed by atoms with E-state index in [-0.39, 0.29) is 12.5 Å². The van der Waals surface area contributed by atoms with Crippen LogP contribution in [0.5, 0.6) is 0 Å². The van der Waals surface area contributed by atoms with Crippen LogP contribution in [-0.4, -0.2) is 45.7 Å². The number of carboxylic acid groups (broad SMARTS) is 1. The molecule has 1 heterocycles. The Kier molecular flexibility index (Phi) is 3.86. The average molecular weight is 307 g/mol. The van der Waals surface area contributed by atoms with Crippen LogP contribution in [0.2, 0.25) is 0 Å². The number of hydrogen-bond acceptors (Lipinski definition) is 3. The van der Waals surface area contributed by atoms with Gasteiger partial charge in [0.25, 0.3) is 5.91 Å². The molecule has 21 heavy (non-hydrogen) atoms. The number of amides is 1. The van der Waals surface area contributed by atoms with Gasteiger partial charge in [-0.3, -0.25) is 4.79 Å². The molecule has 0 spiro atoms. The van der Waals surface area contributed by atoms with E-state index in [2.05, 4.69) is 0 Å². The molecule has 0 aromatic heterocycles. The molecule has 114 valence electrons. The predicted molar refractivity (Wildman–Crippen MR) is 59.4 cm³/mol. The fourth-order valence-electron chi connectivity index (χ4n) is 2.16. The number of aliphatic hydroxyl groups is 1. The molecule has 0 aliphatic carbocycles. The van der Waals surface area contributed by atoms with Crippen molar-refractivity contribution in [1.29, 1.82) is 0 Å². The van der Waals surface area contributed by atoms with E-state index < -0.39 is 59.4 Å². The van der Waals surface area contributed by atoms with Crippen molar-refractivity contribution >= 4 is 11.9 Å². The maximum Gasteiger partial charge on any atom is 0.326 e. The molecule has 2 atom stereocenters. The Morgan fingerprint density at radius 1 is 1.14 bits per heavy atom. The quantitative estimate of drug-likeness (QED) is 0.483. The monoisotopic (exact) mass is 307 g/mol. The molecule has 1 aliphatic heterocycles. The number of rotatable bonds is 2. The third-order valence-electron chi connectivity index (χ3n) is 3.16. The summed E-state index contributed by atoms with van der Waals surface area (Å²) >= 11 is 0. The number of carbonyl (C=O) groups excluding carboxylic acids is 1. The smallest absolute Gasteiger partial charge is 0.326 e. The first-order chi connectivity index (χ1) is 9.73. The van der Waals surface area contributed by atoms with Gasteiger partial charge in [-0.15, -0.1) is 0 Å². The van der Waals surface area contributed by atoms with E-state index in [0.717, 1.165) is 0 Å². The SMILES string of the molecule is O=C(O)[C@@H]1CC(O)CN1C(=O)c1cc(F)c(F)c(F)c1F. The second-order valence-corrected chi connectivity index (χ2v) is 4.55. The number of halogens is 4. The summed E-state index contributed by atoms with van der Waals surface area (Å²) in [6, 6.07) is -1.30. The third-order valence-corrected chi connectivity index (χ3v) is 3.16. The normalized spacial score (nSPS) is 21.7. The van der Waals surface area contributed by atoms with E-state index in [9.17, 15) is 32.3 Å². The molecule has 1 unspecified atom stereocenters. The minimum Gasteiger partial charge on any atom is -0.480 e. The molecule has 1 aromatic carbocycles. The number of carbonyl (C=O) groups is 2. The van der Waals surface area contributed by atoms with Gasteiger partial charge in [0.2, 0.25) is 0 Å². The van der Waals surface area contributed by atoms with Gasteiger partial charge in [0.15, 0.2) is 23.3 Å². The van der Waals surface area contributed by atoms with Gasteiger partial charge in [-0.25, -0.2) is 22.4 Å². The maximum absolute atomic E-state index is 13.5. The van der Waals surface area contributed by atoms with Crippen molar-refractivity contribution in [3.05, 3.63) is 34.9 Å². The number of nitrogens with zero attached hydrogens (tertiary/aromatic N) is 1. The predicted octanol–water partition coefficient (Wildman–Crippen LogP) is 0.903. The van der Waals surface area contributed by atoms with E-state index >= 15 is 0 Å². The summed E-state index contributed by atoms with van der Waals surface area (Å²) in [5.41, 5.74) is -1.13. The summed E-state index contributed by atoms with van der Waals surface area (Å²) in [7, 11) is 0. The molecule has 1 aromatic rings. The molecule has 2 rings (SSSR count). The second-order valence-electron chi connectivity index (χ2n) is 4.55. The Hall–Kier alpha value is -2.16. The summed E-state index contributed by atoms with van der Waals surface area (Å²) < 4.78 is 52.5. The highest BCUT2D eigenvalue weighted by atomic mass is 19.2. The first kappa shape index (κ1) is 15.2. The zero-order valence-corrected chi connectivity index (χ0v) is 10.3. The molecule has 0 radical (unpaired) electrons. The summed E-state index contributed by atoms with van der Waals surface area (Å²) in [5, 5.41) is 18.3. The van der Waals surface area contributed by atoms with E-state index in [0.29, 0.717) is 4.90 Å². The van der Waals surface area contributed by atoms with Gasteiger partial charge in [-0.1, -0.05) is 0 Å². The fourth-order valence-corrected chi connectivity index (χ4v) is 2.16. The standard InChI is InChI=1S/C12H9F4NO4/c13-6-2-5(8(14)10(16)9(6)15)11(19)17-3-4(18)1-7(17)12(20)21/h2,4,7,18H,1,3H2,(H,20,21)/t4?,7-/m0/s1. The summed E-state index contributed by atoms with van der Waals surface area (Å²) in [6.07, 6.45) is -1.46. The zero-order valence-electron chi connectivity index (χ0n) is 10.3. The second kappa shape index (κ2) is 5.32. The van der Waals surface area contributed by atoms with Gasteiger partial charge in [-0.05, 0) is 6.07 Å². The van der Waals surface area contributed by atoms with Crippen LogP contribution < -0.4 is 0 Å². The van der Waals surface area contributed by atoms with Crippen molar-refractivity contribution < 1.29 is 37.4 Å². The van der Waals surface area contributed by atoms with Crippen molar-refractivity contribution in [3.8, 4) is 0 Å². The number of β-amino-alcohol motifs (C(OH)–C–C–N with tert-alkyl or cyclic N) is 1. The Bertz CT molecular complexity index is 622. The van der Waals surface area contributed by atoms with Crippen LogP contribution >= 0.6 is 0 Å². The van der Waals surface area contributed by atoms with E-state index in [1.165, 1.54) is 0 Å². The lowest BCUT2D eigenvalue weighted by molar-refractivity contribution is -0.141. The molecule has 1 amide bonds.